The summed E-state index contributed by atoms with van der Waals surface area (Å²) >= 11 is -4.96. The maximum absolute atomic E-state index is 17.1. The number of hydrogen-bond acceptors (Lipinski definition) is 6. The average Bonchev–Trinajstić information content (AvgIpc) is 2.47. The van der Waals surface area contributed by atoms with E-state index in [0.717, 1.165) is 38.5 Å². The van der Waals surface area contributed by atoms with Gasteiger partial charge in [0.05, 0.1) is 0 Å². The minimum absolute atomic E-state index is 0.0253. The third-order valence-corrected chi connectivity index (χ3v) is 20.8. The molecule has 0 spiro atoms. The van der Waals surface area contributed by atoms with Crippen LogP contribution in [0.2, 0.25) is 0 Å². The number of aliphatic imine (C=N–C) groups is 3. The van der Waals surface area contributed by atoms with Crippen molar-refractivity contribution in [2.75, 3.05) is 35.6 Å². The van der Waals surface area contributed by atoms with E-state index in [2.05, 4.69) is 30.9 Å². The molecule has 6 heterocycles. The Morgan fingerprint density at radius 2 is 0.624 bits per heavy atom. The van der Waals surface area contributed by atoms with Gasteiger partial charge < -0.3 is 0 Å². The summed E-state index contributed by atoms with van der Waals surface area (Å²) in [6.07, 6.45) is 24.3. The average molecular weight is 1240 g/mol. The van der Waals surface area contributed by atoms with Crippen molar-refractivity contribution in [1.82, 2.24) is 9.82 Å². The molecule has 0 unspecified atom stereocenters. The Hall–Kier alpha value is -7.85. The first-order valence-corrected chi connectivity index (χ1v) is 31.6. The van der Waals surface area contributed by atoms with Crippen molar-refractivity contribution >= 4 is 69.4 Å². The molecule has 0 atom stereocenters. The molecule has 85 heavy (non-hydrogen) atoms. The molecule has 3 aromatic heterocycles. The normalized spacial score (nSPS) is 15.1. The van der Waals surface area contributed by atoms with Gasteiger partial charge in [-0.2, -0.15) is 0 Å². The summed E-state index contributed by atoms with van der Waals surface area (Å²) in [7, 11) is 0. The van der Waals surface area contributed by atoms with Crippen LogP contribution in [-0.2, 0) is 0 Å². The second-order valence-corrected chi connectivity index (χ2v) is 25.4. The predicted octanol–water partition coefficient (Wildman–Crippen LogP) is 16.9. The molecule has 6 aromatic rings. The van der Waals surface area contributed by atoms with E-state index in [0.29, 0.717) is 38.5 Å². The Balaban J connectivity index is 1.31. The van der Waals surface area contributed by atoms with Crippen LogP contribution in [0.4, 0.5) is 69.7 Å². The SMILES string of the molecule is CCCCCCNc1c(F)c(F)c(C(=C2C=CC=N2)c2ccc[n]2[Ga]([n]2cccc2C(=C2C=CC=N2)c2c(F)c(F)c(NCCCCCC)c(F)c2F)[n]2cccc2C(=C2C=CC=N2)c2c(F)c(F)c(NCCCCCC)c(F)c2F)c(F)c1F. The molecule has 444 valence electrons. The number of nitrogens with one attached hydrogen (secondary N) is 3. The van der Waals surface area contributed by atoms with Gasteiger partial charge in [0.25, 0.3) is 0 Å². The third kappa shape index (κ3) is 12.3. The number of rotatable bonds is 27. The summed E-state index contributed by atoms with van der Waals surface area (Å²) in [5.74, 6) is -21.4. The van der Waals surface area contributed by atoms with Crippen molar-refractivity contribution < 1.29 is 52.7 Å². The van der Waals surface area contributed by atoms with E-state index >= 15 is 52.7 Å². The second-order valence-electron chi connectivity index (χ2n) is 20.4. The van der Waals surface area contributed by atoms with E-state index in [4.69, 9.17) is 0 Å². The first-order valence-electron chi connectivity index (χ1n) is 28.3. The van der Waals surface area contributed by atoms with E-state index in [1.54, 1.807) is 0 Å². The van der Waals surface area contributed by atoms with Crippen LogP contribution in [0, 0.1) is 69.8 Å². The molecule has 0 amide bonds. The molecule has 9 nitrogen and oxygen atoms in total. The predicted molar refractivity (Wildman–Crippen MR) is 313 cm³/mol. The van der Waals surface area contributed by atoms with E-state index in [9.17, 15) is 0 Å². The minimum atomic E-state index is -4.96. The van der Waals surface area contributed by atoms with Gasteiger partial charge in [-0.3, -0.25) is 0 Å². The molecule has 0 saturated heterocycles. The molecular weight excluding hydrogens is 1180 g/mol. The van der Waals surface area contributed by atoms with Crippen molar-refractivity contribution in [3.05, 3.63) is 212 Å². The van der Waals surface area contributed by atoms with Crippen molar-refractivity contribution in [3.8, 4) is 0 Å². The summed E-state index contributed by atoms with van der Waals surface area (Å²) in [5.41, 5.74) is -9.51. The molecule has 0 radical (unpaired) electrons. The topological polar surface area (TPSA) is 88.0 Å². The first kappa shape index (κ1) is 61.7. The van der Waals surface area contributed by atoms with Gasteiger partial charge in [0.1, 0.15) is 0 Å². The molecule has 3 N–H and O–H groups in total. The molecule has 3 aliphatic rings. The summed E-state index contributed by atoms with van der Waals surface area (Å²) in [5, 5.41) is 7.48. The van der Waals surface area contributed by atoms with Crippen molar-refractivity contribution in [2.45, 2.75) is 97.8 Å². The molecule has 0 saturated carbocycles. The van der Waals surface area contributed by atoms with Crippen LogP contribution in [0.1, 0.15) is 132 Å². The zero-order chi connectivity index (χ0) is 60.5. The number of hydrogen-bond donors (Lipinski definition) is 3. The zero-order valence-electron chi connectivity index (χ0n) is 46.8. The fourth-order valence-electron chi connectivity index (χ4n) is 10.6. The monoisotopic (exact) mass is 1240 g/mol. The molecule has 9 rings (SSSR count). The van der Waals surface area contributed by atoms with Crippen LogP contribution in [0.3, 0.4) is 0 Å². The first-order chi connectivity index (χ1) is 41.2. The summed E-state index contributed by atoms with van der Waals surface area (Å²) in [4.78, 5) is 13.0. The fraction of sp³-hybridized carbons (Fsp3) is 0.286. The summed E-state index contributed by atoms with van der Waals surface area (Å²) in [6, 6.07) is 8.23. The number of anilines is 3. The van der Waals surface area contributed by atoms with Gasteiger partial charge in [-0.1, -0.05) is 40.0 Å². The quantitative estimate of drug-likeness (QED) is 0.0208. The van der Waals surface area contributed by atoms with Crippen LogP contribution < -0.4 is 16.0 Å². The summed E-state index contributed by atoms with van der Waals surface area (Å²) < 4.78 is 206. The molecule has 0 fully saturated rings. The van der Waals surface area contributed by atoms with Gasteiger partial charge in [0, 0.05) is 0 Å². The molecular formula is C63H60F12GaN9. The van der Waals surface area contributed by atoms with Gasteiger partial charge in [-0.05, 0) is 0 Å². The third-order valence-electron chi connectivity index (χ3n) is 14.8. The molecule has 0 bridgehead atoms. The van der Waals surface area contributed by atoms with Crippen molar-refractivity contribution in [1.29, 1.82) is 0 Å². The number of nitrogens with zero attached hydrogens (tertiary/aromatic N) is 6. The van der Waals surface area contributed by atoms with Gasteiger partial charge in [0.2, 0.25) is 0 Å². The number of unbranched alkanes of at least 4 members (excludes halogenated alkanes) is 9. The van der Waals surface area contributed by atoms with Crippen LogP contribution in [0.5, 0.6) is 0 Å². The number of benzene rings is 3. The van der Waals surface area contributed by atoms with Gasteiger partial charge in [0.15, 0.2) is 0 Å². The van der Waals surface area contributed by atoms with Gasteiger partial charge in [-0.15, -0.1) is 0 Å². The van der Waals surface area contributed by atoms with E-state index in [1.807, 2.05) is 20.8 Å². The number of allylic oxidation sites excluding steroid dienone is 6. The Morgan fingerprint density at radius 3 is 0.847 bits per heavy atom. The Kier molecular flexibility index (Phi) is 20.3. The number of halogens is 12. The molecule has 3 aliphatic heterocycles. The summed E-state index contributed by atoms with van der Waals surface area (Å²) in [6.45, 7) is 5.80. The van der Waals surface area contributed by atoms with Crippen molar-refractivity contribution in [2.24, 2.45) is 15.0 Å². The van der Waals surface area contributed by atoms with Crippen molar-refractivity contribution in [3.63, 3.8) is 0 Å². The molecule has 22 heteroatoms. The molecule has 0 aliphatic carbocycles. The standard InChI is InChI=1S/3C21H20F4N3.Ga/c3*1-2-3-4-5-10-28-21-19(24)17(22)16(18(23)20(21)25)15(13-8-6-11-26-13)14-9-7-12-27-14;/h3*6-9,11-12,28H,2-5,10H2,1H3;/q3*-1;+3. The second kappa shape index (κ2) is 27.9. The van der Waals surface area contributed by atoms with E-state index in [1.165, 1.54) is 120 Å². The maximum atomic E-state index is 17.1. The van der Waals surface area contributed by atoms with E-state index < -0.39 is 137 Å². The van der Waals surface area contributed by atoms with Gasteiger partial charge >= 0.3 is 452 Å². The van der Waals surface area contributed by atoms with Crippen LogP contribution in [0.25, 0.3) is 16.7 Å². The Bertz CT molecular complexity index is 3270. The van der Waals surface area contributed by atoms with E-state index in [-0.39, 0.29) is 53.8 Å². The van der Waals surface area contributed by atoms with Crippen LogP contribution in [0.15, 0.2) is 124 Å². The number of aromatic nitrogens is 3. The van der Waals surface area contributed by atoms with Gasteiger partial charge in [-0.25, -0.2) is 0 Å². The molecule has 3 aromatic carbocycles. The fourth-order valence-corrected chi connectivity index (χ4v) is 16.8. The van der Waals surface area contributed by atoms with Crippen LogP contribution in [-0.4, -0.2) is 65.0 Å². The van der Waals surface area contributed by atoms with Crippen LogP contribution >= 0.6 is 0 Å². The Morgan fingerprint density at radius 1 is 0.365 bits per heavy atom. The zero-order valence-corrected chi connectivity index (χ0v) is 49.2. The Labute approximate surface area is 490 Å².